The van der Waals surface area contributed by atoms with Crippen molar-refractivity contribution in [2.75, 3.05) is 0 Å². The first-order valence-corrected chi connectivity index (χ1v) is 6.06. The molecule has 2 saturated carbocycles. The summed E-state index contributed by atoms with van der Waals surface area (Å²) in [6.45, 7) is 1.91. The van der Waals surface area contributed by atoms with Crippen molar-refractivity contribution >= 4 is 0 Å². The third-order valence-electron chi connectivity index (χ3n) is 4.33. The largest absolute Gasteiger partial charge is 0.393 e. The molecule has 2 N–H and O–H groups in total. The third kappa shape index (κ3) is 1.82. The second-order valence-corrected chi connectivity index (χ2v) is 5.16. The van der Waals surface area contributed by atoms with Gasteiger partial charge in [-0.15, -0.1) is 0 Å². The molecule has 0 aliphatic heterocycles. The van der Waals surface area contributed by atoms with Gasteiger partial charge in [-0.3, -0.25) is 0 Å². The Kier molecular flexibility index (Phi) is 3.13. The van der Waals surface area contributed by atoms with Crippen LogP contribution in [0.2, 0.25) is 0 Å². The fraction of sp³-hybridized carbons (Fsp3) is 1.00. The highest BCUT2D eigenvalue weighted by Crippen LogP contribution is 2.44. The predicted octanol–water partition coefficient (Wildman–Crippen LogP) is 1.94. The van der Waals surface area contributed by atoms with Crippen molar-refractivity contribution in [3.8, 4) is 0 Å². The minimum atomic E-state index is -0.187. The van der Waals surface area contributed by atoms with Gasteiger partial charge in [-0.05, 0) is 50.4 Å². The molecule has 0 saturated heterocycles. The zero-order valence-electron chi connectivity index (χ0n) is 9.02. The van der Waals surface area contributed by atoms with Crippen molar-refractivity contribution in [2.24, 2.45) is 17.8 Å². The molecular weight excluding hydrogens is 176 g/mol. The molecule has 0 heterocycles. The third-order valence-corrected chi connectivity index (χ3v) is 4.33. The first kappa shape index (κ1) is 10.4. The van der Waals surface area contributed by atoms with E-state index in [0.717, 1.165) is 19.3 Å². The summed E-state index contributed by atoms with van der Waals surface area (Å²) < 4.78 is 0. The maximum absolute atomic E-state index is 9.92. The number of fused-ring (bicyclic) bond motifs is 1. The van der Waals surface area contributed by atoms with Crippen LogP contribution in [0.3, 0.4) is 0 Å². The molecule has 2 aliphatic rings. The highest BCUT2D eigenvalue weighted by Gasteiger charge is 2.40. The van der Waals surface area contributed by atoms with Crippen molar-refractivity contribution < 1.29 is 10.2 Å². The van der Waals surface area contributed by atoms with Gasteiger partial charge in [0.25, 0.3) is 0 Å². The Bertz CT molecular complexity index is 185. The van der Waals surface area contributed by atoms with Crippen LogP contribution in [0.4, 0.5) is 0 Å². The molecule has 0 bridgehead atoms. The maximum atomic E-state index is 9.92. The Morgan fingerprint density at radius 1 is 1.00 bits per heavy atom. The molecular formula is C12H22O2. The fourth-order valence-electron chi connectivity index (χ4n) is 3.62. The molecule has 2 heteroatoms. The van der Waals surface area contributed by atoms with Crippen molar-refractivity contribution in [3.63, 3.8) is 0 Å². The zero-order valence-corrected chi connectivity index (χ0v) is 9.02. The monoisotopic (exact) mass is 198 g/mol. The number of hydrogen-bond donors (Lipinski definition) is 2. The van der Waals surface area contributed by atoms with Gasteiger partial charge < -0.3 is 10.2 Å². The van der Waals surface area contributed by atoms with E-state index in [4.69, 9.17) is 0 Å². The van der Waals surface area contributed by atoms with Crippen LogP contribution in [0, 0.1) is 17.8 Å². The lowest BCUT2D eigenvalue weighted by atomic mass is 9.63. The summed E-state index contributed by atoms with van der Waals surface area (Å²) >= 11 is 0. The molecule has 0 amide bonds. The molecule has 2 nitrogen and oxygen atoms in total. The smallest absolute Gasteiger partial charge is 0.0571 e. The summed E-state index contributed by atoms with van der Waals surface area (Å²) in [7, 11) is 0. The molecule has 3 unspecified atom stereocenters. The predicted molar refractivity (Wildman–Crippen MR) is 55.9 cm³/mol. The molecule has 14 heavy (non-hydrogen) atoms. The van der Waals surface area contributed by atoms with Crippen LogP contribution in [0.25, 0.3) is 0 Å². The average molecular weight is 198 g/mol. The molecule has 82 valence electrons. The fourth-order valence-corrected chi connectivity index (χ4v) is 3.62. The highest BCUT2D eigenvalue weighted by molar-refractivity contribution is 4.90. The molecule has 0 aromatic heterocycles. The lowest BCUT2D eigenvalue weighted by molar-refractivity contribution is -0.0477. The van der Waals surface area contributed by atoms with Crippen molar-refractivity contribution in [1.82, 2.24) is 0 Å². The lowest BCUT2D eigenvalue weighted by Gasteiger charge is -2.45. The van der Waals surface area contributed by atoms with Gasteiger partial charge in [-0.2, -0.15) is 0 Å². The summed E-state index contributed by atoms with van der Waals surface area (Å²) in [5, 5.41) is 19.6. The van der Waals surface area contributed by atoms with Crippen LogP contribution in [0.15, 0.2) is 0 Å². The van der Waals surface area contributed by atoms with Crippen LogP contribution < -0.4 is 0 Å². The number of hydrogen-bond acceptors (Lipinski definition) is 2. The van der Waals surface area contributed by atoms with E-state index in [9.17, 15) is 10.2 Å². The summed E-state index contributed by atoms with van der Waals surface area (Å²) in [4.78, 5) is 0. The van der Waals surface area contributed by atoms with E-state index in [0.29, 0.717) is 17.8 Å². The molecule has 0 aromatic rings. The second-order valence-electron chi connectivity index (χ2n) is 5.16. The Morgan fingerprint density at radius 3 is 2.36 bits per heavy atom. The quantitative estimate of drug-likeness (QED) is 0.676. The minimum Gasteiger partial charge on any atom is -0.393 e. The molecule has 0 spiro atoms. The molecule has 2 rings (SSSR count). The summed E-state index contributed by atoms with van der Waals surface area (Å²) in [5.74, 6) is 1.52. The Balaban J connectivity index is 2.08. The maximum Gasteiger partial charge on any atom is 0.0571 e. The Morgan fingerprint density at radius 2 is 1.64 bits per heavy atom. The van der Waals surface area contributed by atoms with Gasteiger partial charge in [0.05, 0.1) is 12.2 Å². The Labute approximate surface area is 86.3 Å². The SMILES string of the molecule is CC(O)[C@H]1CCCC2C1CCC[C@H]2O. The lowest BCUT2D eigenvalue weighted by Crippen LogP contribution is -2.42. The van der Waals surface area contributed by atoms with Crippen LogP contribution in [-0.4, -0.2) is 22.4 Å². The Hall–Kier alpha value is -0.0800. The van der Waals surface area contributed by atoms with Gasteiger partial charge in [-0.25, -0.2) is 0 Å². The number of aliphatic hydroxyl groups is 2. The van der Waals surface area contributed by atoms with Crippen LogP contribution in [0.5, 0.6) is 0 Å². The summed E-state index contributed by atoms with van der Waals surface area (Å²) in [5.41, 5.74) is 0. The van der Waals surface area contributed by atoms with E-state index >= 15 is 0 Å². The van der Waals surface area contributed by atoms with E-state index in [1.807, 2.05) is 6.92 Å². The standard InChI is InChI=1S/C12H22O2/c1-8(13)9-4-2-6-11-10(9)5-3-7-12(11)14/h8-14H,2-7H2,1H3/t8?,9-,10?,11?,12-/m1/s1. The number of aliphatic hydroxyl groups excluding tert-OH is 2. The van der Waals surface area contributed by atoms with Crippen molar-refractivity contribution in [3.05, 3.63) is 0 Å². The van der Waals surface area contributed by atoms with E-state index < -0.39 is 0 Å². The highest BCUT2D eigenvalue weighted by atomic mass is 16.3. The molecule has 2 aliphatic carbocycles. The van der Waals surface area contributed by atoms with E-state index in [2.05, 4.69) is 0 Å². The zero-order chi connectivity index (χ0) is 10.1. The summed E-state index contributed by atoms with van der Waals surface area (Å²) in [6, 6.07) is 0. The van der Waals surface area contributed by atoms with Crippen molar-refractivity contribution in [1.29, 1.82) is 0 Å². The average Bonchev–Trinajstić information content (AvgIpc) is 2.17. The topological polar surface area (TPSA) is 40.5 Å². The van der Waals surface area contributed by atoms with Gasteiger partial charge in [0.15, 0.2) is 0 Å². The normalized spacial score (nSPS) is 45.6. The molecule has 2 fully saturated rings. The first-order chi connectivity index (χ1) is 6.70. The molecule has 5 atom stereocenters. The van der Waals surface area contributed by atoms with Gasteiger partial charge in [0.1, 0.15) is 0 Å². The van der Waals surface area contributed by atoms with Gasteiger partial charge in [0, 0.05) is 0 Å². The van der Waals surface area contributed by atoms with Crippen LogP contribution in [-0.2, 0) is 0 Å². The second kappa shape index (κ2) is 4.19. The van der Waals surface area contributed by atoms with Crippen molar-refractivity contribution in [2.45, 2.75) is 57.7 Å². The van der Waals surface area contributed by atoms with Crippen LogP contribution in [0.1, 0.15) is 45.4 Å². The van der Waals surface area contributed by atoms with Gasteiger partial charge >= 0.3 is 0 Å². The number of rotatable bonds is 1. The molecule has 0 aromatic carbocycles. The molecule has 0 radical (unpaired) electrons. The van der Waals surface area contributed by atoms with E-state index in [-0.39, 0.29) is 12.2 Å². The van der Waals surface area contributed by atoms with Gasteiger partial charge in [-0.1, -0.05) is 12.8 Å². The van der Waals surface area contributed by atoms with E-state index in [1.54, 1.807) is 0 Å². The van der Waals surface area contributed by atoms with Crippen LogP contribution >= 0.6 is 0 Å². The van der Waals surface area contributed by atoms with E-state index in [1.165, 1.54) is 19.3 Å². The van der Waals surface area contributed by atoms with Gasteiger partial charge in [0.2, 0.25) is 0 Å². The first-order valence-electron chi connectivity index (χ1n) is 6.06. The summed E-state index contributed by atoms with van der Waals surface area (Å²) in [6.07, 6.45) is 6.59. The minimum absolute atomic E-state index is 0.0877.